The summed E-state index contributed by atoms with van der Waals surface area (Å²) in [5, 5.41) is 9.87. The third-order valence-corrected chi connectivity index (χ3v) is 4.75. The largest absolute Gasteiger partial charge is 0.392 e. The van der Waals surface area contributed by atoms with Gasteiger partial charge in [0.05, 0.1) is 13.2 Å². The quantitative estimate of drug-likeness (QED) is 0.636. The van der Waals surface area contributed by atoms with E-state index in [9.17, 15) is 4.39 Å². The third kappa shape index (κ3) is 4.45. The number of aliphatic hydroxyl groups excluding tert-OH is 1. The Morgan fingerprint density at radius 3 is 2.46 bits per heavy atom. The number of aliphatic imine (C=N–C) groups is 1. The molecule has 7 heteroatoms. The van der Waals surface area contributed by atoms with Gasteiger partial charge in [0, 0.05) is 42.5 Å². The van der Waals surface area contributed by atoms with Crippen LogP contribution in [0, 0.1) is 5.82 Å². The van der Waals surface area contributed by atoms with Crippen molar-refractivity contribution in [1.29, 1.82) is 0 Å². The Hall–Kier alpha value is -2.31. The Labute approximate surface area is 157 Å². The molecule has 2 aromatic carbocycles. The smallest absolute Gasteiger partial charge is 0.191 e. The summed E-state index contributed by atoms with van der Waals surface area (Å²) >= 11 is 5.93. The molecule has 26 heavy (non-hydrogen) atoms. The maximum atomic E-state index is 13.4. The van der Waals surface area contributed by atoms with Crippen LogP contribution in [0.15, 0.2) is 47.5 Å². The van der Waals surface area contributed by atoms with Crippen molar-refractivity contribution < 1.29 is 9.50 Å². The molecule has 3 N–H and O–H groups in total. The summed E-state index contributed by atoms with van der Waals surface area (Å²) in [5.74, 6) is 0.0714. The van der Waals surface area contributed by atoms with Crippen LogP contribution in [0.4, 0.5) is 10.1 Å². The van der Waals surface area contributed by atoms with Crippen molar-refractivity contribution in [2.45, 2.75) is 13.2 Å². The van der Waals surface area contributed by atoms with Crippen molar-refractivity contribution in [3.05, 3.63) is 64.4 Å². The molecule has 0 aliphatic carbocycles. The van der Waals surface area contributed by atoms with Gasteiger partial charge in [-0.05, 0) is 42.0 Å². The Morgan fingerprint density at radius 1 is 1.12 bits per heavy atom. The number of halogens is 2. The van der Waals surface area contributed by atoms with Crippen molar-refractivity contribution >= 4 is 23.2 Å². The average Bonchev–Trinajstić information content (AvgIpc) is 2.68. The van der Waals surface area contributed by atoms with Gasteiger partial charge in [-0.1, -0.05) is 17.7 Å². The molecule has 0 unspecified atom stereocenters. The zero-order valence-corrected chi connectivity index (χ0v) is 15.2. The SMILES string of the molecule is NC(=NCc1ccc(F)c(CO)c1)N1CCN(c2ccc(Cl)cc2)CC1. The van der Waals surface area contributed by atoms with E-state index in [1.807, 2.05) is 29.2 Å². The second kappa shape index (κ2) is 8.38. The van der Waals surface area contributed by atoms with Gasteiger partial charge in [-0.25, -0.2) is 9.38 Å². The van der Waals surface area contributed by atoms with E-state index in [0.717, 1.165) is 42.5 Å². The van der Waals surface area contributed by atoms with Gasteiger partial charge in [0.2, 0.25) is 0 Å². The zero-order chi connectivity index (χ0) is 18.5. The lowest BCUT2D eigenvalue weighted by Gasteiger charge is -2.36. The molecular weight excluding hydrogens is 355 g/mol. The van der Waals surface area contributed by atoms with Crippen LogP contribution in [0.2, 0.25) is 5.02 Å². The molecule has 2 aromatic rings. The molecule has 1 fully saturated rings. The van der Waals surface area contributed by atoms with E-state index in [2.05, 4.69) is 9.89 Å². The molecule has 0 spiro atoms. The Kier molecular flexibility index (Phi) is 5.96. The van der Waals surface area contributed by atoms with E-state index < -0.39 is 5.82 Å². The first kappa shape index (κ1) is 18.5. The third-order valence-electron chi connectivity index (χ3n) is 4.50. The van der Waals surface area contributed by atoms with Crippen LogP contribution in [0.5, 0.6) is 0 Å². The average molecular weight is 377 g/mol. The Bertz CT molecular complexity index is 774. The van der Waals surface area contributed by atoms with Gasteiger partial charge in [0.15, 0.2) is 5.96 Å². The number of hydrogen-bond donors (Lipinski definition) is 2. The highest BCUT2D eigenvalue weighted by Crippen LogP contribution is 2.19. The number of hydrogen-bond acceptors (Lipinski definition) is 3. The molecule has 1 aliphatic heterocycles. The Balaban J connectivity index is 1.56. The molecule has 3 rings (SSSR count). The van der Waals surface area contributed by atoms with Gasteiger partial charge >= 0.3 is 0 Å². The van der Waals surface area contributed by atoms with Gasteiger partial charge in [-0.2, -0.15) is 0 Å². The molecule has 1 saturated heterocycles. The molecule has 0 radical (unpaired) electrons. The summed E-state index contributed by atoms with van der Waals surface area (Å²) in [7, 11) is 0. The fraction of sp³-hybridized carbons (Fsp3) is 0.316. The van der Waals surface area contributed by atoms with Crippen LogP contribution in [0.25, 0.3) is 0 Å². The van der Waals surface area contributed by atoms with Crippen molar-refractivity contribution in [3.8, 4) is 0 Å². The fourth-order valence-electron chi connectivity index (χ4n) is 2.97. The number of benzene rings is 2. The standard InChI is InChI=1S/C19H22ClFN4O/c20-16-2-4-17(5-3-16)24-7-9-25(10-8-24)19(22)23-12-14-1-6-18(21)15(11-14)13-26/h1-6,11,26H,7-10,12-13H2,(H2,22,23). The normalized spacial score (nSPS) is 15.4. The first-order valence-corrected chi connectivity index (χ1v) is 8.88. The van der Waals surface area contributed by atoms with Gasteiger partial charge < -0.3 is 20.6 Å². The van der Waals surface area contributed by atoms with E-state index in [0.29, 0.717) is 12.5 Å². The van der Waals surface area contributed by atoms with Crippen LogP contribution in [0.1, 0.15) is 11.1 Å². The minimum Gasteiger partial charge on any atom is -0.392 e. The van der Waals surface area contributed by atoms with Gasteiger partial charge in [0.1, 0.15) is 5.82 Å². The highest BCUT2D eigenvalue weighted by atomic mass is 35.5. The summed E-state index contributed by atoms with van der Waals surface area (Å²) < 4.78 is 13.4. The second-order valence-corrected chi connectivity index (χ2v) is 6.65. The number of rotatable bonds is 4. The van der Waals surface area contributed by atoms with Crippen LogP contribution in [0.3, 0.4) is 0 Å². The molecule has 138 valence electrons. The monoisotopic (exact) mass is 376 g/mol. The molecule has 1 heterocycles. The molecule has 0 atom stereocenters. The number of aliphatic hydroxyl groups is 1. The van der Waals surface area contributed by atoms with Gasteiger partial charge in [0.25, 0.3) is 0 Å². The first-order valence-electron chi connectivity index (χ1n) is 8.50. The number of piperazine rings is 1. The number of anilines is 1. The maximum absolute atomic E-state index is 13.4. The predicted molar refractivity (Wildman–Crippen MR) is 103 cm³/mol. The maximum Gasteiger partial charge on any atom is 0.191 e. The van der Waals surface area contributed by atoms with Crippen molar-refractivity contribution in [2.24, 2.45) is 10.7 Å². The highest BCUT2D eigenvalue weighted by Gasteiger charge is 2.18. The number of guanidine groups is 1. The summed E-state index contributed by atoms with van der Waals surface area (Å²) in [4.78, 5) is 8.74. The van der Waals surface area contributed by atoms with Crippen molar-refractivity contribution in [3.63, 3.8) is 0 Å². The summed E-state index contributed by atoms with van der Waals surface area (Å²) in [6.07, 6.45) is 0. The topological polar surface area (TPSA) is 65.1 Å². The van der Waals surface area contributed by atoms with Crippen molar-refractivity contribution in [2.75, 3.05) is 31.1 Å². The van der Waals surface area contributed by atoms with E-state index >= 15 is 0 Å². The van der Waals surface area contributed by atoms with Gasteiger partial charge in [-0.3, -0.25) is 0 Å². The molecule has 0 amide bonds. The van der Waals surface area contributed by atoms with Crippen LogP contribution < -0.4 is 10.6 Å². The zero-order valence-electron chi connectivity index (χ0n) is 14.4. The second-order valence-electron chi connectivity index (χ2n) is 6.21. The molecule has 1 aliphatic rings. The molecule has 0 saturated carbocycles. The van der Waals surface area contributed by atoms with Crippen LogP contribution >= 0.6 is 11.6 Å². The molecule has 0 aromatic heterocycles. The summed E-state index contributed by atoms with van der Waals surface area (Å²) in [6, 6.07) is 12.4. The van der Waals surface area contributed by atoms with Crippen molar-refractivity contribution in [1.82, 2.24) is 4.90 Å². The molecular formula is C19H22ClFN4O. The lowest BCUT2D eigenvalue weighted by atomic mass is 10.1. The lowest BCUT2D eigenvalue weighted by molar-refractivity contribution is 0.275. The Morgan fingerprint density at radius 2 is 1.81 bits per heavy atom. The minimum atomic E-state index is -0.411. The summed E-state index contributed by atoms with van der Waals surface area (Å²) in [6.45, 7) is 3.29. The lowest BCUT2D eigenvalue weighted by Crippen LogP contribution is -2.51. The first-order chi connectivity index (χ1) is 12.6. The highest BCUT2D eigenvalue weighted by molar-refractivity contribution is 6.30. The van der Waals surface area contributed by atoms with E-state index in [1.54, 1.807) is 12.1 Å². The van der Waals surface area contributed by atoms with E-state index in [4.69, 9.17) is 22.4 Å². The predicted octanol–water partition coefficient (Wildman–Crippen LogP) is 2.61. The fourth-order valence-corrected chi connectivity index (χ4v) is 3.09. The number of nitrogens with zero attached hydrogens (tertiary/aromatic N) is 3. The number of nitrogens with two attached hydrogens (primary N) is 1. The molecule has 0 bridgehead atoms. The van der Waals surface area contributed by atoms with Crippen LogP contribution in [-0.4, -0.2) is 42.1 Å². The van der Waals surface area contributed by atoms with Gasteiger partial charge in [-0.15, -0.1) is 0 Å². The minimum absolute atomic E-state index is 0.271. The molecule has 5 nitrogen and oxygen atoms in total. The van der Waals surface area contributed by atoms with Crippen LogP contribution in [-0.2, 0) is 13.2 Å². The van der Waals surface area contributed by atoms with E-state index in [-0.39, 0.29) is 12.2 Å². The summed E-state index contributed by atoms with van der Waals surface area (Å²) in [5.41, 5.74) is 8.35. The van der Waals surface area contributed by atoms with E-state index in [1.165, 1.54) is 6.07 Å².